The SMILES string of the molecule is Cc1ccc(F)c(C(Cc2ccoc2)NN)c1F. The second-order valence-corrected chi connectivity index (χ2v) is 4.15. The number of benzene rings is 1. The van der Waals surface area contributed by atoms with Crippen molar-refractivity contribution in [3.05, 3.63) is 59.1 Å². The Morgan fingerprint density at radius 2 is 2.11 bits per heavy atom. The van der Waals surface area contributed by atoms with Crippen molar-refractivity contribution in [1.82, 2.24) is 5.43 Å². The Morgan fingerprint density at radius 3 is 2.72 bits per heavy atom. The molecule has 1 aromatic carbocycles. The largest absolute Gasteiger partial charge is 0.472 e. The minimum absolute atomic E-state index is 0.0429. The number of hydrogen-bond donors (Lipinski definition) is 2. The highest BCUT2D eigenvalue weighted by molar-refractivity contribution is 5.30. The fourth-order valence-corrected chi connectivity index (χ4v) is 1.89. The van der Waals surface area contributed by atoms with Gasteiger partial charge in [0.2, 0.25) is 0 Å². The van der Waals surface area contributed by atoms with E-state index in [2.05, 4.69) is 5.43 Å². The van der Waals surface area contributed by atoms with Gasteiger partial charge in [-0.05, 0) is 36.6 Å². The Morgan fingerprint density at radius 1 is 1.33 bits per heavy atom. The Kier molecular flexibility index (Phi) is 3.74. The van der Waals surface area contributed by atoms with Crippen LogP contribution in [0, 0.1) is 18.6 Å². The predicted molar refractivity (Wildman–Crippen MR) is 63.6 cm³/mol. The Hall–Kier alpha value is -1.72. The summed E-state index contributed by atoms with van der Waals surface area (Å²) >= 11 is 0. The number of furan rings is 1. The van der Waals surface area contributed by atoms with Gasteiger partial charge in [0, 0.05) is 5.56 Å². The van der Waals surface area contributed by atoms with Gasteiger partial charge in [-0.3, -0.25) is 11.3 Å². The van der Waals surface area contributed by atoms with Gasteiger partial charge in [-0.25, -0.2) is 8.78 Å². The zero-order valence-corrected chi connectivity index (χ0v) is 9.91. The van der Waals surface area contributed by atoms with Crippen molar-refractivity contribution >= 4 is 0 Å². The molecule has 0 saturated heterocycles. The van der Waals surface area contributed by atoms with E-state index < -0.39 is 17.7 Å². The maximum Gasteiger partial charge on any atom is 0.133 e. The van der Waals surface area contributed by atoms with E-state index in [1.807, 2.05) is 0 Å². The molecule has 0 aliphatic carbocycles. The van der Waals surface area contributed by atoms with Crippen molar-refractivity contribution in [2.75, 3.05) is 0 Å². The predicted octanol–water partition coefficient (Wildman–Crippen LogP) is 2.61. The van der Waals surface area contributed by atoms with Gasteiger partial charge < -0.3 is 4.42 Å². The van der Waals surface area contributed by atoms with Gasteiger partial charge in [0.05, 0.1) is 18.6 Å². The molecule has 3 N–H and O–H groups in total. The van der Waals surface area contributed by atoms with Crippen molar-refractivity contribution in [3.8, 4) is 0 Å². The number of halogens is 2. The fourth-order valence-electron chi connectivity index (χ4n) is 1.89. The average molecular weight is 252 g/mol. The lowest BCUT2D eigenvalue weighted by Crippen LogP contribution is -2.31. The Balaban J connectivity index is 2.35. The molecule has 3 nitrogen and oxygen atoms in total. The molecule has 0 aliphatic rings. The van der Waals surface area contributed by atoms with Crippen LogP contribution in [0.1, 0.15) is 22.7 Å². The smallest absolute Gasteiger partial charge is 0.133 e. The van der Waals surface area contributed by atoms with Crippen LogP contribution in [0.4, 0.5) is 8.78 Å². The lowest BCUT2D eigenvalue weighted by molar-refractivity contribution is 0.468. The van der Waals surface area contributed by atoms with Gasteiger partial charge in [0.1, 0.15) is 11.6 Å². The highest BCUT2D eigenvalue weighted by atomic mass is 19.1. The molecular formula is C13H14F2N2O. The molecule has 0 saturated carbocycles. The first-order valence-corrected chi connectivity index (χ1v) is 5.55. The molecule has 18 heavy (non-hydrogen) atoms. The third-order valence-corrected chi connectivity index (χ3v) is 2.89. The van der Waals surface area contributed by atoms with Crippen molar-refractivity contribution in [3.63, 3.8) is 0 Å². The minimum Gasteiger partial charge on any atom is -0.472 e. The van der Waals surface area contributed by atoms with E-state index in [1.165, 1.54) is 24.7 Å². The highest BCUT2D eigenvalue weighted by Crippen LogP contribution is 2.25. The number of nitrogens with one attached hydrogen (secondary N) is 1. The summed E-state index contributed by atoms with van der Waals surface area (Å²) < 4.78 is 32.6. The van der Waals surface area contributed by atoms with E-state index in [4.69, 9.17) is 10.3 Å². The highest BCUT2D eigenvalue weighted by Gasteiger charge is 2.21. The van der Waals surface area contributed by atoms with E-state index in [0.717, 1.165) is 5.56 Å². The molecule has 1 unspecified atom stereocenters. The van der Waals surface area contributed by atoms with Crippen LogP contribution in [0.3, 0.4) is 0 Å². The van der Waals surface area contributed by atoms with Crippen molar-refractivity contribution in [2.45, 2.75) is 19.4 Å². The molecule has 1 heterocycles. The molecule has 0 aliphatic heterocycles. The van der Waals surface area contributed by atoms with Crippen LogP contribution in [0.15, 0.2) is 35.1 Å². The number of rotatable bonds is 4. The molecule has 0 spiro atoms. The van der Waals surface area contributed by atoms with Gasteiger partial charge in [0.15, 0.2) is 0 Å². The average Bonchev–Trinajstić information content (AvgIpc) is 2.86. The summed E-state index contributed by atoms with van der Waals surface area (Å²) in [4.78, 5) is 0. The minimum atomic E-state index is -0.637. The van der Waals surface area contributed by atoms with Crippen molar-refractivity contribution in [1.29, 1.82) is 0 Å². The van der Waals surface area contributed by atoms with E-state index in [-0.39, 0.29) is 5.56 Å². The topological polar surface area (TPSA) is 51.2 Å². The van der Waals surface area contributed by atoms with E-state index in [0.29, 0.717) is 12.0 Å². The zero-order chi connectivity index (χ0) is 13.1. The zero-order valence-electron chi connectivity index (χ0n) is 9.91. The normalized spacial score (nSPS) is 12.7. The van der Waals surface area contributed by atoms with Crippen LogP contribution in [0.2, 0.25) is 0 Å². The van der Waals surface area contributed by atoms with Crippen molar-refractivity contribution < 1.29 is 13.2 Å². The molecule has 1 atom stereocenters. The molecule has 2 rings (SSSR count). The molecule has 2 aromatic rings. The number of aryl methyl sites for hydroxylation is 1. The molecule has 0 radical (unpaired) electrons. The number of hydrogen-bond acceptors (Lipinski definition) is 3. The van der Waals surface area contributed by atoms with Gasteiger partial charge in [-0.2, -0.15) is 0 Å². The van der Waals surface area contributed by atoms with Crippen LogP contribution in [0.5, 0.6) is 0 Å². The van der Waals surface area contributed by atoms with Gasteiger partial charge in [-0.1, -0.05) is 6.07 Å². The summed E-state index contributed by atoms with van der Waals surface area (Å²) in [5.74, 6) is 4.22. The van der Waals surface area contributed by atoms with Crippen molar-refractivity contribution in [2.24, 2.45) is 5.84 Å². The van der Waals surface area contributed by atoms with Gasteiger partial charge in [0.25, 0.3) is 0 Å². The first-order chi connectivity index (χ1) is 8.63. The maximum absolute atomic E-state index is 14.0. The molecule has 5 heteroatoms. The van der Waals surface area contributed by atoms with Gasteiger partial charge >= 0.3 is 0 Å². The number of nitrogens with two attached hydrogens (primary N) is 1. The second-order valence-electron chi connectivity index (χ2n) is 4.15. The summed E-state index contributed by atoms with van der Waals surface area (Å²) in [7, 11) is 0. The van der Waals surface area contributed by atoms with Crippen LogP contribution in [0.25, 0.3) is 0 Å². The first-order valence-electron chi connectivity index (χ1n) is 5.55. The van der Waals surface area contributed by atoms with Crippen LogP contribution in [-0.4, -0.2) is 0 Å². The maximum atomic E-state index is 14.0. The van der Waals surface area contributed by atoms with Crippen LogP contribution < -0.4 is 11.3 Å². The summed E-state index contributed by atoms with van der Waals surface area (Å²) in [5, 5.41) is 0. The number of hydrazine groups is 1. The molecule has 0 amide bonds. The van der Waals surface area contributed by atoms with Crippen LogP contribution in [-0.2, 0) is 6.42 Å². The summed E-state index contributed by atoms with van der Waals surface area (Å²) in [6.45, 7) is 1.59. The molecule has 0 bridgehead atoms. The standard InChI is InChI=1S/C13H14F2N2O/c1-8-2-3-10(14)12(13(8)15)11(17-16)6-9-4-5-18-7-9/h2-5,7,11,17H,6,16H2,1H3. The Labute approximate surface area is 104 Å². The monoisotopic (exact) mass is 252 g/mol. The third-order valence-electron chi connectivity index (χ3n) is 2.89. The second kappa shape index (κ2) is 5.29. The molecule has 0 fully saturated rings. The lowest BCUT2D eigenvalue weighted by atomic mass is 9.98. The summed E-state index contributed by atoms with van der Waals surface area (Å²) in [5.41, 5.74) is 3.61. The van der Waals surface area contributed by atoms with E-state index in [9.17, 15) is 8.78 Å². The fraction of sp³-hybridized carbons (Fsp3) is 0.231. The Bertz CT molecular complexity index is 526. The summed E-state index contributed by atoms with van der Waals surface area (Å²) in [6.07, 6.45) is 3.38. The van der Waals surface area contributed by atoms with Crippen LogP contribution >= 0.6 is 0 Å². The molecule has 1 aromatic heterocycles. The molecular weight excluding hydrogens is 238 g/mol. The van der Waals surface area contributed by atoms with E-state index >= 15 is 0 Å². The molecule has 96 valence electrons. The quantitative estimate of drug-likeness (QED) is 0.649. The summed E-state index contributed by atoms with van der Waals surface area (Å²) in [6, 6.07) is 3.74. The third kappa shape index (κ3) is 2.42. The van der Waals surface area contributed by atoms with Gasteiger partial charge in [-0.15, -0.1) is 0 Å². The lowest BCUT2D eigenvalue weighted by Gasteiger charge is -2.18. The van der Waals surface area contributed by atoms with E-state index in [1.54, 1.807) is 13.0 Å². The first kappa shape index (κ1) is 12.7.